The van der Waals surface area contributed by atoms with E-state index in [2.05, 4.69) is 0 Å². The number of allylic oxidation sites excluding steroid dienone is 4. The molecule has 0 saturated carbocycles. The third-order valence-corrected chi connectivity index (χ3v) is 10.2. The molecule has 0 radical (unpaired) electrons. The maximum Gasteiger partial charge on any atom is 0.229 e. The Morgan fingerprint density at radius 3 is 1.02 bits per heavy atom. The summed E-state index contributed by atoms with van der Waals surface area (Å²) in [6, 6.07) is 2.80. The van der Waals surface area contributed by atoms with Crippen LogP contribution in [0, 0.1) is 83.9 Å². The number of fused-ring (bicyclic) bond motifs is 2. The van der Waals surface area contributed by atoms with Crippen LogP contribution in [0.5, 0.6) is 11.5 Å². The lowest BCUT2D eigenvalue weighted by Crippen LogP contribution is -2.24. The molecule has 0 spiro atoms. The molecule has 0 unspecified atom stereocenters. The van der Waals surface area contributed by atoms with E-state index >= 15 is 0 Å². The minimum Gasteiger partial charge on any atom is -0.507 e. The Labute approximate surface area is 344 Å². The summed E-state index contributed by atoms with van der Waals surface area (Å²) in [4.78, 5) is 27.5. The van der Waals surface area contributed by atoms with Crippen molar-refractivity contribution in [3.05, 3.63) is 128 Å². The van der Waals surface area contributed by atoms with E-state index in [1.54, 1.807) is 38.5 Å². The number of aliphatic hydroxyl groups excluding tert-OH is 2. The van der Waals surface area contributed by atoms with Crippen molar-refractivity contribution in [3.8, 4) is 22.6 Å². The first kappa shape index (κ1) is 44.4. The normalized spacial score (nSPS) is 15.3. The number of carbonyl (C=O) groups excluding carboxylic acids is 2. The minimum atomic E-state index is -2.44. The first-order valence-electron chi connectivity index (χ1n) is 18.1. The molecule has 0 amide bonds. The SMILES string of the molecule is Cc1cc2c(c(O)c1-c1c(C)cc3c(c1O)/C(=C/NNc1c(F)c(F)c(F)c(F)c1F)C(=O)C(O)=C3C(C)C)/C(=C/NNc1c(F)c(F)c(F)c(F)c1F)C(=O)C(O)=C2C(C)C. The summed E-state index contributed by atoms with van der Waals surface area (Å²) in [7, 11) is 0. The van der Waals surface area contributed by atoms with Gasteiger partial charge in [-0.15, -0.1) is 0 Å². The monoisotopic (exact) mass is 878 g/mol. The fourth-order valence-electron chi connectivity index (χ4n) is 7.42. The number of hydrogen-bond donors (Lipinski definition) is 8. The number of ketones is 2. The molecule has 8 N–H and O–H groups in total. The molecule has 0 bridgehead atoms. The Hall–Kier alpha value is -7.12. The Balaban J connectivity index is 1.56. The number of phenolic OH excluding ortho intramolecular Hbond substituents is 2. The van der Waals surface area contributed by atoms with Gasteiger partial charge in [-0.1, -0.05) is 39.8 Å². The van der Waals surface area contributed by atoms with Gasteiger partial charge in [0.05, 0.1) is 11.1 Å². The quantitative estimate of drug-likeness (QED) is 0.0267. The summed E-state index contributed by atoms with van der Waals surface area (Å²) < 4.78 is 141. The first-order valence-corrected chi connectivity index (χ1v) is 18.1. The number of anilines is 2. The smallest absolute Gasteiger partial charge is 0.229 e. The van der Waals surface area contributed by atoms with Crippen LogP contribution in [0.1, 0.15) is 61.1 Å². The number of aryl methyl sites for hydroxylation is 2. The van der Waals surface area contributed by atoms with Crippen molar-refractivity contribution in [3.63, 3.8) is 0 Å². The van der Waals surface area contributed by atoms with Gasteiger partial charge in [-0.2, -0.15) is 0 Å². The summed E-state index contributed by atoms with van der Waals surface area (Å²) in [5.41, 5.74) is 2.53. The molecular formula is C42H32F10N4O6. The number of Topliss-reactive ketones (excluding diaryl/α,β-unsaturated/α-hetero) is 2. The van der Waals surface area contributed by atoms with Gasteiger partial charge in [0.1, 0.15) is 22.9 Å². The van der Waals surface area contributed by atoms with Gasteiger partial charge in [0.25, 0.3) is 0 Å². The van der Waals surface area contributed by atoms with Crippen LogP contribution in [0.25, 0.3) is 33.4 Å². The van der Waals surface area contributed by atoms with E-state index in [1.807, 2.05) is 10.9 Å². The second-order valence-corrected chi connectivity index (χ2v) is 14.7. The van der Waals surface area contributed by atoms with Gasteiger partial charge in [0.15, 0.2) is 58.1 Å². The molecule has 4 aromatic carbocycles. The first-order chi connectivity index (χ1) is 29.0. The van der Waals surface area contributed by atoms with Crippen LogP contribution in [-0.2, 0) is 9.59 Å². The number of aromatic hydroxyl groups is 2. The van der Waals surface area contributed by atoms with Crippen molar-refractivity contribution in [2.75, 3.05) is 10.9 Å². The molecule has 2 aliphatic rings. The van der Waals surface area contributed by atoms with E-state index in [0.29, 0.717) is 12.4 Å². The van der Waals surface area contributed by atoms with Crippen molar-refractivity contribution < 1.29 is 73.9 Å². The molecule has 20 heteroatoms. The third-order valence-electron chi connectivity index (χ3n) is 10.2. The number of hydrazine groups is 2. The maximum absolute atomic E-state index is 14.5. The van der Waals surface area contributed by atoms with E-state index < -0.39 is 127 Å². The summed E-state index contributed by atoms with van der Waals surface area (Å²) in [6.07, 6.45) is 1.33. The fourth-order valence-corrected chi connectivity index (χ4v) is 7.42. The molecule has 0 atom stereocenters. The van der Waals surface area contributed by atoms with Gasteiger partial charge in [-0.3, -0.25) is 20.4 Å². The molecule has 10 nitrogen and oxygen atoms in total. The molecule has 0 heterocycles. The number of aliphatic hydroxyl groups is 2. The highest BCUT2D eigenvalue weighted by molar-refractivity contribution is 6.35. The number of phenols is 2. The van der Waals surface area contributed by atoms with E-state index in [9.17, 15) is 73.9 Å². The van der Waals surface area contributed by atoms with Gasteiger partial charge < -0.3 is 31.3 Å². The van der Waals surface area contributed by atoms with E-state index in [4.69, 9.17) is 0 Å². The predicted molar refractivity (Wildman–Crippen MR) is 205 cm³/mol. The zero-order chi connectivity index (χ0) is 46.1. The molecule has 326 valence electrons. The highest BCUT2D eigenvalue weighted by atomic mass is 19.2. The largest absolute Gasteiger partial charge is 0.507 e. The van der Waals surface area contributed by atoms with Crippen LogP contribution in [0.2, 0.25) is 0 Å². The zero-order valence-electron chi connectivity index (χ0n) is 32.8. The van der Waals surface area contributed by atoms with Crippen molar-refractivity contribution in [1.82, 2.24) is 10.9 Å². The lowest BCUT2D eigenvalue weighted by atomic mass is 9.75. The highest BCUT2D eigenvalue weighted by Gasteiger charge is 2.39. The van der Waals surface area contributed by atoms with Gasteiger partial charge in [-0.25, -0.2) is 43.9 Å². The Kier molecular flexibility index (Phi) is 11.5. The number of carbonyl (C=O) groups is 2. The van der Waals surface area contributed by atoms with Crippen LogP contribution in [-0.4, -0.2) is 32.0 Å². The molecule has 0 aromatic heterocycles. The average Bonchev–Trinajstić information content (AvgIpc) is 3.21. The van der Waals surface area contributed by atoms with Gasteiger partial charge in [0, 0.05) is 45.8 Å². The number of nitrogens with one attached hydrogen (secondary N) is 4. The molecule has 2 aliphatic carbocycles. The van der Waals surface area contributed by atoms with Crippen molar-refractivity contribution in [1.29, 1.82) is 0 Å². The number of hydrogen-bond acceptors (Lipinski definition) is 10. The van der Waals surface area contributed by atoms with Crippen molar-refractivity contribution in [2.45, 2.75) is 41.5 Å². The Bertz CT molecular complexity index is 2570. The Morgan fingerprint density at radius 1 is 0.468 bits per heavy atom. The fraction of sp³-hybridized carbons (Fsp3) is 0.190. The average molecular weight is 879 g/mol. The van der Waals surface area contributed by atoms with Crippen LogP contribution >= 0.6 is 0 Å². The zero-order valence-corrected chi connectivity index (χ0v) is 32.8. The van der Waals surface area contributed by atoms with Crippen LogP contribution < -0.4 is 21.7 Å². The summed E-state index contributed by atoms with van der Waals surface area (Å²) in [5.74, 6) is -29.9. The lowest BCUT2D eigenvalue weighted by Gasteiger charge is -2.29. The number of rotatable bonds is 9. The number of halogens is 10. The van der Waals surface area contributed by atoms with Crippen LogP contribution in [0.4, 0.5) is 55.3 Å². The van der Waals surface area contributed by atoms with E-state index in [0.717, 1.165) is 0 Å². The van der Waals surface area contributed by atoms with Crippen molar-refractivity contribution in [2.24, 2.45) is 11.8 Å². The predicted octanol–water partition coefficient (Wildman–Crippen LogP) is 9.70. The van der Waals surface area contributed by atoms with Gasteiger partial charge in [-0.05, 0) is 47.9 Å². The molecule has 62 heavy (non-hydrogen) atoms. The maximum atomic E-state index is 14.5. The van der Waals surface area contributed by atoms with Crippen LogP contribution in [0.3, 0.4) is 0 Å². The van der Waals surface area contributed by atoms with E-state index in [1.165, 1.54) is 26.0 Å². The summed E-state index contributed by atoms with van der Waals surface area (Å²) >= 11 is 0. The topological polar surface area (TPSA) is 163 Å². The van der Waals surface area contributed by atoms with Gasteiger partial charge in [0.2, 0.25) is 23.2 Å². The molecule has 0 aliphatic heterocycles. The second kappa shape index (κ2) is 16.1. The van der Waals surface area contributed by atoms with E-state index in [-0.39, 0.29) is 55.7 Å². The summed E-state index contributed by atoms with van der Waals surface area (Å²) in [5, 5.41) is 46.5. The minimum absolute atomic E-state index is 0.0107. The third kappa shape index (κ3) is 6.78. The molecular weight excluding hydrogens is 846 g/mol. The second-order valence-electron chi connectivity index (χ2n) is 14.7. The van der Waals surface area contributed by atoms with Gasteiger partial charge >= 0.3 is 0 Å². The van der Waals surface area contributed by atoms with Crippen molar-refractivity contribution >= 4 is 45.2 Å². The summed E-state index contributed by atoms with van der Waals surface area (Å²) in [6.45, 7) is 9.27. The highest BCUT2D eigenvalue weighted by Crippen LogP contribution is 2.53. The molecule has 0 saturated heterocycles. The molecule has 4 aromatic rings. The number of benzene rings is 4. The standard InChI is InChI=1S/C42H32F10N4O6/c1-11(2)19-15-7-13(5)21(39(59)23(15)17(37(57)41(19)61)9-53-55-35-31(49)27(45)25(43)28(46)32(35)50)22-14(6)8-16-20(12(3)4)42(62)38(58)18(24(16)40(22)60)10-54-56-36-33(51)29(47)26(44)30(48)34(36)52/h7-12,53-56,59-62H,1-6H3/b17-9-,18-10-. The molecule has 6 rings (SSSR count). The lowest BCUT2D eigenvalue weighted by molar-refractivity contribution is -0.113. The molecule has 0 fully saturated rings. The Morgan fingerprint density at radius 2 is 0.742 bits per heavy atom. The van der Waals surface area contributed by atoms with Crippen LogP contribution in [0.15, 0.2) is 36.1 Å².